The lowest BCUT2D eigenvalue weighted by molar-refractivity contribution is 0.660. The van der Waals surface area contributed by atoms with Gasteiger partial charge in [0.25, 0.3) is 0 Å². The minimum Gasteiger partial charge on any atom is -0.228 e. The maximum atomic E-state index is 5.13. The van der Waals surface area contributed by atoms with E-state index in [4.69, 9.17) is 9.97 Å². The van der Waals surface area contributed by atoms with Crippen LogP contribution in [-0.4, -0.2) is 9.97 Å². The summed E-state index contributed by atoms with van der Waals surface area (Å²) in [6, 6.07) is 51.7. The Morgan fingerprint density at radius 3 is 1.72 bits per heavy atom. The molecule has 0 radical (unpaired) electrons. The summed E-state index contributed by atoms with van der Waals surface area (Å²) >= 11 is 0. The first-order valence-electron chi connectivity index (χ1n) is 14.8. The third-order valence-electron chi connectivity index (χ3n) is 8.92. The Bertz CT molecular complexity index is 2090. The van der Waals surface area contributed by atoms with Gasteiger partial charge in [-0.1, -0.05) is 147 Å². The number of hydrogen-bond donors (Lipinski definition) is 0. The highest BCUT2D eigenvalue weighted by molar-refractivity contribution is 6.05. The summed E-state index contributed by atoms with van der Waals surface area (Å²) in [4.78, 5) is 10.1. The first kappa shape index (κ1) is 25.4. The molecule has 0 unspecified atom stereocenters. The Hall–Kier alpha value is -5.34. The van der Waals surface area contributed by atoms with Gasteiger partial charge in [0, 0.05) is 22.1 Å². The van der Waals surface area contributed by atoms with E-state index in [0.29, 0.717) is 0 Å². The summed E-state index contributed by atoms with van der Waals surface area (Å²) in [6.07, 6.45) is 0. The maximum absolute atomic E-state index is 5.13. The van der Waals surface area contributed by atoms with E-state index in [1.807, 2.05) is 24.3 Å². The number of benzene rings is 6. The van der Waals surface area contributed by atoms with E-state index in [1.54, 1.807) is 0 Å². The molecule has 0 fully saturated rings. The summed E-state index contributed by atoms with van der Waals surface area (Å²) < 4.78 is 0. The summed E-state index contributed by atoms with van der Waals surface area (Å²) in [5.41, 5.74) is 12.9. The minimum absolute atomic E-state index is 0.0414. The molecule has 0 N–H and O–H groups in total. The van der Waals surface area contributed by atoms with Gasteiger partial charge in [-0.25, -0.2) is 9.97 Å². The van der Waals surface area contributed by atoms with Crippen molar-refractivity contribution in [3.05, 3.63) is 157 Å². The fourth-order valence-corrected chi connectivity index (χ4v) is 6.70. The van der Waals surface area contributed by atoms with Crippen LogP contribution in [0.5, 0.6) is 0 Å². The van der Waals surface area contributed by atoms with Gasteiger partial charge in [-0.2, -0.15) is 0 Å². The first-order valence-corrected chi connectivity index (χ1v) is 14.8. The quantitative estimate of drug-likeness (QED) is 0.218. The highest BCUT2D eigenvalue weighted by Gasteiger charge is 2.35. The SMILES string of the molecule is CC1(C)c2ccccc2-c2ccc(-c3ccc(-c4cc(-c5ccccc5)nc(-c5ccccc5)n4)c4ccccc34)cc21. The van der Waals surface area contributed by atoms with E-state index in [2.05, 4.69) is 135 Å². The first-order chi connectivity index (χ1) is 21.1. The molecule has 2 nitrogen and oxygen atoms in total. The number of rotatable bonds is 4. The fourth-order valence-electron chi connectivity index (χ4n) is 6.70. The average Bonchev–Trinajstić information content (AvgIpc) is 3.30. The van der Waals surface area contributed by atoms with Gasteiger partial charge in [-0.15, -0.1) is 0 Å². The van der Waals surface area contributed by atoms with Crippen LogP contribution in [0.4, 0.5) is 0 Å². The predicted octanol–water partition coefficient (Wildman–Crippen LogP) is 10.6. The molecule has 0 atom stereocenters. The molecule has 204 valence electrons. The normalized spacial score (nSPS) is 13.1. The molecule has 1 heterocycles. The van der Waals surface area contributed by atoms with E-state index < -0.39 is 0 Å². The van der Waals surface area contributed by atoms with Crippen molar-refractivity contribution in [2.75, 3.05) is 0 Å². The highest BCUT2D eigenvalue weighted by Crippen LogP contribution is 2.50. The van der Waals surface area contributed by atoms with E-state index in [9.17, 15) is 0 Å². The van der Waals surface area contributed by atoms with Gasteiger partial charge in [-0.05, 0) is 56.3 Å². The van der Waals surface area contributed by atoms with Crippen LogP contribution < -0.4 is 0 Å². The lowest BCUT2D eigenvalue weighted by Crippen LogP contribution is -2.14. The topological polar surface area (TPSA) is 25.8 Å². The van der Waals surface area contributed by atoms with Gasteiger partial charge in [0.15, 0.2) is 5.82 Å². The largest absolute Gasteiger partial charge is 0.228 e. The van der Waals surface area contributed by atoms with E-state index >= 15 is 0 Å². The van der Waals surface area contributed by atoms with Crippen LogP contribution in [0.1, 0.15) is 25.0 Å². The molecule has 8 rings (SSSR count). The second-order valence-corrected chi connectivity index (χ2v) is 11.8. The summed E-state index contributed by atoms with van der Waals surface area (Å²) in [7, 11) is 0. The maximum Gasteiger partial charge on any atom is 0.160 e. The van der Waals surface area contributed by atoms with Crippen LogP contribution in [-0.2, 0) is 5.41 Å². The van der Waals surface area contributed by atoms with Crippen LogP contribution in [0.15, 0.2) is 146 Å². The molecule has 0 bridgehead atoms. The van der Waals surface area contributed by atoms with Gasteiger partial charge < -0.3 is 0 Å². The molecule has 0 amide bonds. The molecular weight excluding hydrogens is 520 g/mol. The van der Waals surface area contributed by atoms with E-state index in [-0.39, 0.29) is 5.41 Å². The molecule has 43 heavy (non-hydrogen) atoms. The molecular formula is C41H30N2. The highest BCUT2D eigenvalue weighted by atomic mass is 14.9. The van der Waals surface area contributed by atoms with Crippen LogP contribution in [0.3, 0.4) is 0 Å². The van der Waals surface area contributed by atoms with Crippen LogP contribution in [0.25, 0.3) is 66.9 Å². The lowest BCUT2D eigenvalue weighted by Gasteiger charge is -2.22. The van der Waals surface area contributed by atoms with Crippen molar-refractivity contribution in [3.8, 4) is 56.2 Å². The van der Waals surface area contributed by atoms with Crippen molar-refractivity contribution >= 4 is 10.8 Å². The molecule has 0 spiro atoms. The lowest BCUT2D eigenvalue weighted by atomic mass is 9.81. The molecule has 2 heteroatoms. The molecule has 0 saturated heterocycles. The zero-order valence-electron chi connectivity index (χ0n) is 24.3. The average molecular weight is 551 g/mol. The standard InChI is InChI=1S/C41H30N2/c1-41(2)36-20-12-11-19-33(36)34-22-21-29(25-37(34)41)30-23-24-35(32-18-10-9-17-31(30)32)39-26-38(27-13-5-3-6-14-27)42-40(43-39)28-15-7-4-8-16-28/h3-26H,1-2H3. The number of nitrogens with zero attached hydrogens (tertiary/aromatic N) is 2. The van der Waals surface area contributed by atoms with Gasteiger partial charge in [-0.3, -0.25) is 0 Å². The zero-order chi connectivity index (χ0) is 29.0. The molecule has 1 aliphatic carbocycles. The zero-order valence-corrected chi connectivity index (χ0v) is 24.3. The Kier molecular flexibility index (Phi) is 5.84. The number of fused-ring (bicyclic) bond motifs is 4. The third-order valence-corrected chi connectivity index (χ3v) is 8.92. The second-order valence-electron chi connectivity index (χ2n) is 11.8. The summed E-state index contributed by atoms with van der Waals surface area (Å²) in [5.74, 6) is 0.727. The fraction of sp³-hybridized carbons (Fsp3) is 0.0732. The summed E-state index contributed by atoms with van der Waals surface area (Å²) in [5, 5.41) is 2.40. The number of hydrogen-bond acceptors (Lipinski definition) is 2. The second kappa shape index (κ2) is 9.89. The van der Waals surface area contributed by atoms with Crippen LogP contribution in [0.2, 0.25) is 0 Å². The van der Waals surface area contributed by atoms with Gasteiger partial charge in [0.1, 0.15) is 0 Å². The van der Waals surface area contributed by atoms with Crippen molar-refractivity contribution in [2.24, 2.45) is 0 Å². The van der Waals surface area contributed by atoms with Crippen molar-refractivity contribution in [2.45, 2.75) is 19.3 Å². The molecule has 6 aromatic carbocycles. The smallest absolute Gasteiger partial charge is 0.160 e. The molecule has 0 saturated carbocycles. The van der Waals surface area contributed by atoms with Crippen LogP contribution in [0, 0.1) is 0 Å². The van der Waals surface area contributed by atoms with Crippen molar-refractivity contribution < 1.29 is 0 Å². The van der Waals surface area contributed by atoms with Crippen LogP contribution >= 0.6 is 0 Å². The van der Waals surface area contributed by atoms with Crippen molar-refractivity contribution in [3.63, 3.8) is 0 Å². The van der Waals surface area contributed by atoms with E-state index in [1.165, 1.54) is 44.2 Å². The molecule has 1 aliphatic rings. The Balaban J connectivity index is 1.30. The molecule has 0 aliphatic heterocycles. The molecule has 1 aromatic heterocycles. The Morgan fingerprint density at radius 1 is 0.395 bits per heavy atom. The van der Waals surface area contributed by atoms with E-state index in [0.717, 1.165) is 33.9 Å². The predicted molar refractivity (Wildman–Crippen MR) is 179 cm³/mol. The number of aromatic nitrogens is 2. The molecule has 7 aromatic rings. The monoisotopic (exact) mass is 550 g/mol. The minimum atomic E-state index is -0.0414. The van der Waals surface area contributed by atoms with Gasteiger partial charge in [0.2, 0.25) is 0 Å². The Labute approximate surface area is 252 Å². The summed E-state index contributed by atoms with van der Waals surface area (Å²) in [6.45, 7) is 4.68. The van der Waals surface area contributed by atoms with Crippen molar-refractivity contribution in [1.29, 1.82) is 0 Å². The van der Waals surface area contributed by atoms with Gasteiger partial charge >= 0.3 is 0 Å². The Morgan fingerprint density at radius 2 is 0.953 bits per heavy atom. The third kappa shape index (κ3) is 4.18. The van der Waals surface area contributed by atoms with Crippen molar-refractivity contribution in [1.82, 2.24) is 9.97 Å². The van der Waals surface area contributed by atoms with Gasteiger partial charge in [0.05, 0.1) is 11.4 Å².